The second kappa shape index (κ2) is 9.23. The molecule has 0 atom stereocenters. The summed E-state index contributed by atoms with van der Waals surface area (Å²) in [7, 11) is 3.03. The summed E-state index contributed by atoms with van der Waals surface area (Å²) in [6.45, 7) is 0. The van der Waals surface area contributed by atoms with E-state index < -0.39 is 10.8 Å². The lowest BCUT2D eigenvalue weighted by molar-refractivity contribution is -0.384. The van der Waals surface area contributed by atoms with Crippen LogP contribution in [0.15, 0.2) is 72.9 Å². The van der Waals surface area contributed by atoms with Gasteiger partial charge >= 0.3 is 0 Å². The Balaban J connectivity index is 1.68. The number of amides is 1. The van der Waals surface area contributed by atoms with E-state index >= 15 is 0 Å². The molecule has 0 aliphatic rings. The monoisotopic (exact) mass is 444 g/mol. The zero-order chi connectivity index (χ0) is 23.4. The second-order valence-corrected chi connectivity index (χ2v) is 7.02. The molecule has 0 saturated carbocycles. The second-order valence-electron chi connectivity index (χ2n) is 7.02. The number of anilines is 3. The fourth-order valence-electron chi connectivity index (χ4n) is 3.38. The summed E-state index contributed by atoms with van der Waals surface area (Å²) in [4.78, 5) is 28.2. The predicted octanol–water partition coefficient (Wildman–Crippen LogP) is 5.16. The van der Waals surface area contributed by atoms with Crippen LogP contribution in [0.1, 0.15) is 10.4 Å². The lowest BCUT2D eigenvalue weighted by atomic mass is 10.1. The van der Waals surface area contributed by atoms with Crippen LogP contribution in [0.3, 0.4) is 0 Å². The van der Waals surface area contributed by atoms with Gasteiger partial charge in [-0.3, -0.25) is 14.9 Å². The fourth-order valence-corrected chi connectivity index (χ4v) is 3.38. The third kappa shape index (κ3) is 4.52. The Morgan fingerprint density at radius 1 is 0.970 bits per heavy atom. The predicted molar refractivity (Wildman–Crippen MR) is 126 cm³/mol. The van der Waals surface area contributed by atoms with Crippen molar-refractivity contribution < 1.29 is 19.2 Å². The molecule has 166 valence electrons. The maximum atomic E-state index is 13.1. The van der Waals surface area contributed by atoms with Crippen LogP contribution in [0, 0.1) is 10.1 Å². The first-order valence-electron chi connectivity index (χ1n) is 9.92. The van der Waals surface area contributed by atoms with Crippen molar-refractivity contribution in [1.82, 2.24) is 4.98 Å². The number of rotatable bonds is 7. The van der Waals surface area contributed by atoms with E-state index in [2.05, 4.69) is 15.6 Å². The van der Waals surface area contributed by atoms with Crippen LogP contribution in [0.25, 0.3) is 10.8 Å². The average Bonchev–Trinajstić information content (AvgIpc) is 2.84. The van der Waals surface area contributed by atoms with E-state index in [0.717, 1.165) is 16.8 Å². The third-order valence-electron chi connectivity index (χ3n) is 5.03. The highest BCUT2D eigenvalue weighted by atomic mass is 16.6. The molecule has 0 saturated heterocycles. The fraction of sp³-hybridized carbons (Fsp3) is 0.0833. The summed E-state index contributed by atoms with van der Waals surface area (Å²) in [6, 6.07) is 18.8. The van der Waals surface area contributed by atoms with Gasteiger partial charge in [-0.25, -0.2) is 4.98 Å². The molecule has 0 spiro atoms. The van der Waals surface area contributed by atoms with E-state index in [0.29, 0.717) is 22.5 Å². The summed E-state index contributed by atoms with van der Waals surface area (Å²) >= 11 is 0. The molecule has 1 amide bonds. The van der Waals surface area contributed by atoms with Crippen molar-refractivity contribution >= 4 is 39.6 Å². The number of carbonyl (C=O) groups is 1. The first-order chi connectivity index (χ1) is 16.0. The summed E-state index contributed by atoms with van der Waals surface area (Å²) in [5.74, 6) is 1.17. The number of pyridine rings is 1. The molecule has 1 aromatic heterocycles. The standard InChI is InChI=1S/C24H20N4O5/c1-32-17-10-7-15(8-11-17)26-23-19-6-4-3-5-18(19)20(14-25-23)24(29)27-21-13-16(28(30)31)9-12-22(21)33-2/h3-14H,1-2H3,(H,25,26)(H,27,29). The van der Waals surface area contributed by atoms with Crippen LogP contribution in [0.4, 0.5) is 22.9 Å². The molecule has 3 aromatic carbocycles. The number of nitrogens with zero attached hydrogens (tertiary/aromatic N) is 2. The number of aromatic nitrogens is 1. The third-order valence-corrected chi connectivity index (χ3v) is 5.03. The SMILES string of the molecule is COc1ccc(Nc2ncc(C(=O)Nc3cc([N+](=O)[O-])ccc3OC)c3ccccc23)cc1. The molecule has 0 aliphatic carbocycles. The molecule has 9 nitrogen and oxygen atoms in total. The molecule has 9 heteroatoms. The zero-order valence-corrected chi connectivity index (χ0v) is 17.9. The van der Waals surface area contributed by atoms with Crippen molar-refractivity contribution in [1.29, 1.82) is 0 Å². The lowest BCUT2D eigenvalue weighted by Gasteiger charge is -2.14. The summed E-state index contributed by atoms with van der Waals surface area (Å²) < 4.78 is 10.4. The van der Waals surface area contributed by atoms with Gasteiger partial charge < -0.3 is 20.1 Å². The number of hydrogen-bond donors (Lipinski definition) is 2. The Bertz CT molecular complexity index is 1340. The summed E-state index contributed by atoms with van der Waals surface area (Å²) in [5.41, 5.74) is 1.17. The van der Waals surface area contributed by atoms with Crippen LogP contribution in [0.2, 0.25) is 0 Å². The number of methoxy groups -OCH3 is 2. The topological polar surface area (TPSA) is 116 Å². The van der Waals surface area contributed by atoms with Crippen molar-refractivity contribution in [3.05, 3.63) is 88.6 Å². The molecule has 0 aliphatic heterocycles. The van der Waals surface area contributed by atoms with E-state index in [1.807, 2.05) is 48.5 Å². The number of fused-ring (bicyclic) bond motifs is 1. The van der Waals surface area contributed by atoms with Crippen molar-refractivity contribution in [3.8, 4) is 11.5 Å². The first-order valence-corrected chi connectivity index (χ1v) is 9.92. The van der Waals surface area contributed by atoms with Gasteiger partial charge in [0, 0.05) is 29.4 Å². The van der Waals surface area contributed by atoms with Crippen molar-refractivity contribution in [2.75, 3.05) is 24.9 Å². The number of nitro benzene ring substituents is 1. The Hall–Kier alpha value is -4.66. The first kappa shape index (κ1) is 21.6. The molecule has 2 N–H and O–H groups in total. The molecule has 0 radical (unpaired) electrons. The maximum Gasteiger partial charge on any atom is 0.271 e. The number of non-ortho nitro benzene ring substituents is 1. The minimum Gasteiger partial charge on any atom is -0.497 e. The highest BCUT2D eigenvalue weighted by Crippen LogP contribution is 2.31. The number of benzene rings is 3. The van der Waals surface area contributed by atoms with E-state index in [9.17, 15) is 14.9 Å². The number of nitrogens with one attached hydrogen (secondary N) is 2. The Labute approximate surface area is 189 Å². The normalized spacial score (nSPS) is 10.5. The van der Waals surface area contributed by atoms with E-state index in [4.69, 9.17) is 9.47 Å². The molecule has 4 aromatic rings. The Morgan fingerprint density at radius 2 is 1.70 bits per heavy atom. The number of ether oxygens (including phenoxy) is 2. The van der Waals surface area contributed by atoms with Gasteiger partial charge in [0.15, 0.2) is 0 Å². The highest BCUT2D eigenvalue weighted by molar-refractivity contribution is 6.14. The molecule has 1 heterocycles. The molecule has 0 unspecified atom stereocenters. The van der Waals surface area contributed by atoms with Crippen LogP contribution in [0.5, 0.6) is 11.5 Å². The molecular weight excluding hydrogens is 424 g/mol. The van der Waals surface area contributed by atoms with Gasteiger partial charge in [-0.05, 0) is 35.7 Å². The van der Waals surface area contributed by atoms with Crippen LogP contribution in [-0.2, 0) is 0 Å². The maximum absolute atomic E-state index is 13.1. The number of hydrogen-bond acceptors (Lipinski definition) is 7. The van der Waals surface area contributed by atoms with Gasteiger partial charge in [0.05, 0.1) is 30.4 Å². The van der Waals surface area contributed by atoms with Crippen LogP contribution < -0.4 is 20.1 Å². The van der Waals surface area contributed by atoms with Gasteiger partial charge in [-0.1, -0.05) is 24.3 Å². The van der Waals surface area contributed by atoms with Crippen molar-refractivity contribution in [3.63, 3.8) is 0 Å². The summed E-state index contributed by atoms with van der Waals surface area (Å²) in [5, 5.41) is 18.5. The highest BCUT2D eigenvalue weighted by Gasteiger charge is 2.18. The number of carbonyl (C=O) groups excluding carboxylic acids is 1. The molecule has 33 heavy (non-hydrogen) atoms. The van der Waals surface area contributed by atoms with E-state index in [1.54, 1.807) is 7.11 Å². The van der Waals surface area contributed by atoms with Gasteiger partial charge in [-0.2, -0.15) is 0 Å². The van der Waals surface area contributed by atoms with Gasteiger partial charge in [0.1, 0.15) is 17.3 Å². The quantitative estimate of drug-likeness (QED) is 0.299. The average molecular weight is 444 g/mol. The van der Waals surface area contributed by atoms with Crippen molar-refractivity contribution in [2.24, 2.45) is 0 Å². The minimum absolute atomic E-state index is 0.159. The van der Waals surface area contributed by atoms with E-state index in [1.165, 1.54) is 31.5 Å². The van der Waals surface area contributed by atoms with Gasteiger partial charge in [0.2, 0.25) is 0 Å². The summed E-state index contributed by atoms with van der Waals surface area (Å²) in [6.07, 6.45) is 1.47. The van der Waals surface area contributed by atoms with E-state index in [-0.39, 0.29) is 11.4 Å². The Morgan fingerprint density at radius 3 is 2.36 bits per heavy atom. The van der Waals surface area contributed by atoms with Crippen LogP contribution in [-0.4, -0.2) is 30.0 Å². The Kier molecular flexibility index (Phi) is 6.03. The lowest BCUT2D eigenvalue weighted by Crippen LogP contribution is -2.14. The molecule has 0 bridgehead atoms. The molecule has 0 fully saturated rings. The molecular formula is C24H20N4O5. The van der Waals surface area contributed by atoms with Gasteiger partial charge in [0.25, 0.3) is 11.6 Å². The number of nitro groups is 1. The van der Waals surface area contributed by atoms with Crippen LogP contribution >= 0.6 is 0 Å². The van der Waals surface area contributed by atoms with Crippen molar-refractivity contribution in [2.45, 2.75) is 0 Å². The van der Waals surface area contributed by atoms with Gasteiger partial charge in [-0.15, -0.1) is 0 Å². The smallest absolute Gasteiger partial charge is 0.271 e. The largest absolute Gasteiger partial charge is 0.497 e. The zero-order valence-electron chi connectivity index (χ0n) is 17.9. The minimum atomic E-state index is -0.536. The molecule has 4 rings (SSSR count).